The second-order valence-corrected chi connectivity index (χ2v) is 11.6. The van der Waals surface area contributed by atoms with E-state index in [1.54, 1.807) is 30.3 Å². The van der Waals surface area contributed by atoms with Gasteiger partial charge in [-0.2, -0.15) is 4.99 Å². The molecule has 0 bridgehead atoms. The van der Waals surface area contributed by atoms with E-state index in [2.05, 4.69) is 51.8 Å². The molecule has 2 N–H and O–H groups in total. The summed E-state index contributed by atoms with van der Waals surface area (Å²) in [5.74, 6) is -0.0413. The fraction of sp³-hybridized carbons (Fsp3) is 0.0833. The normalized spacial score (nSPS) is 12.7. The van der Waals surface area contributed by atoms with Crippen LogP contribution in [0.4, 0.5) is 10.5 Å². The molecule has 0 fully saturated rings. The molecule has 44 heavy (non-hydrogen) atoms. The van der Waals surface area contributed by atoms with Crippen LogP contribution in [0.15, 0.2) is 113 Å². The molecule has 0 unspecified atom stereocenters. The third-order valence-corrected chi connectivity index (χ3v) is 8.92. The van der Waals surface area contributed by atoms with Gasteiger partial charge in [-0.15, -0.1) is 0 Å². The number of ether oxygens (including phenoxy) is 2. The Kier molecular flexibility index (Phi) is 7.14. The van der Waals surface area contributed by atoms with Crippen molar-refractivity contribution < 1.29 is 23.5 Å². The first kappa shape index (κ1) is 27.8. The highest BCUT2D eigenvalue weighted by molar-refractivity contribution is 14.1. The van der Waals surface area contributed by atoms with Crippen LogP contribution in [0.25, 0.3) is 44.5 Å². The first-order valence-corrected chi connectivity index (χ1v) is 15.0. The number of carbonyl (C=O) groups is 2. The number of rotatable bonds is 4. The molecule has 0 saturated carbocycles. The van der Waals surface area contributed by atoms with E-state index in [9.17, 15) is 9.59 Å². The molecule has 216 valence electrons. The zero-order chi connectivity index (χ0) is 30.4. The van der Waals surface area contributed by atoms with Gasteiger partial charge in [0, 0.05) is 43.8 Å². The van der Waals surface area contributed by atoms with Gasteiger partial charge in [0.25, 0.3) is 0 Å². The SMILES string of the molecule is COC(=O)c1ccccc1-c1c2cc/c(=N\C(=O)OCC3c4ccccc4-c4ccccc43)cc-2oc2cc(N)c(I)cc12. The second kappa shape index (κ2) is 11.3. The Bertz CT molecular complexity index is 2110. The number of esters is 1. The summed E-state index contributed by atoms with van der Waals surface area (Å²) >= 11 is 2.18. The number of nitrogen functional groups attached to an aromatic ring is 1. The summed E-state index contributed by atoms with van der Waals surface area (Å²) in [7, 11) is 1.36. The van der Waals surface area contributed by atoms with Gasteiger partial charge in [0.2, 0.25) is 0 Å². The van der Waals surface area contributed by atoms with Gasteiger partial charge in [0.05, 0.1) is 18.0 Å². The molecular formula is C36H25IN2O5. The largest absolute Gasteiger partial charge is 0.465 e. The van der Waals surface area contributed by atoms with Crippen molar-refractivity contribution >= 4 is 51.3 Å². The molecule has 0 aromatic heterocycles. The molecule has 4 aromatic carbocycles. The molecule has 1 heterocycles. The highest BCUT2D eigenvalue weighted by Gasteiger charge is 2.29. The second-order valence-electron chi connectivity index (χ2n) is 10.5. The summed E-state index contributed by atoms with van der Waals surface area (Å²) in [6, 6.07) is 32.6. The summed E-state index contributed by atoms with van der Waals surface area (Å²) in [6.45, 7) is 0.172. The van der Waals surface area contributed by atoms with E-state index in [-0.39, 0.29) is 12.5 Å². The minimum Gasteiger partial charge on any atom is -0.465 e. The van der Waals surface area contributed by atoms with E-state index in [4.69, 9.17) is 19.6 Å². The standard InChI is InChI=1S/C36H25IN2O5/c1-42-35(40)26-13-7-6-12-25(26)34-27-15-14-20(16-32(27)44-33-18-31(38)30(37)17-28(33)34)39-36(41)43-19-29-23-10-4-2-8-21(23)22-9-3-5-11-24(22)29/h2-18,29H,19,38H2,1H3/b39-20+. The van der Waals surface area contributed by atoms with Gasteiger partial charge in [-0.1, -0.05) is 66.7 Å². The number of anilines is 1. The molecule has 0 saturated heterocycles. The number of amides is 1. The van der Waals surface area contributed by atoms with Gasteiger partial charge in [-0.25, -0.2) is 9.59 Å². The summed E-state index contributed by atoms with van der Waals surface area (Å²) in [4.78, 5) is 29.9. The number of halogens is 1. The molecule has 1 amide bonds. The number of nitrogens with zero attached hydrogens (tertiary/aromatic N) is 1. The fourth-order valence-electron chi connectivity index (χ4n) is 5.99. The minimum atomic E-state index is -0.693. The van der Waals surface area contributed by atoms with Crippen LogP contribution >= 0.6 is 22.6 Å². The topological polar surface area (TPSA) is 104 Å². The lowest BCUT2D eigenvalue weighted by Crippen LogP contribution is -2.13. The van der Waals surface area contributed by atoms with E-state index in [1.165, 1.54) is 7.11 Å². The maximum absolute atomic E-state index is 13.0. The first-order chi connectivity index (χ1) is 21.4. The minimum absolute atomic E-state index is 0.0646. The van der Waals surface area contributed by atoms with Gasteiger partial charge in [0.15, 0.2) is 0 Å². The smallest absolute Gasteiger partial charge is 0.434 e. The number of benzene rings is 5. The van der Waals surface area contributed by atoms with Crippen LogP contribution in [0.3, 0.4) is 0 Å². The fourth-order valence-corrected chi connectivity index (χ4v) is 6.46. The van der Waals surface area contributed by atoms with Crippen LogP contribution in [0.2, 0.25) is 0 Å². The van der Waals surface area contributed by atoms with Crippen molar-refractivity contribution in [2.24, 2.45) is 4.99 Å². The summed E-state index contributed by atoms with van der Waals surface area (Å²) < 4.78 is 17.9. The maximum Gasteiger partial charge on any atom is 0.434 e. The van der Waals surface area contributed by atoms with Gasteiger partial charge in [-0.3, -0.25) is 0 Å². The third-order valence-electron chi connectivity index (χ3n) is 7.98. The predicted molar refractivity (Wildman–Crippen MR) is 177 cm³/mol. The monoisotopic (exact) mass is 692 g/mol. The quantitative estimate of drug-likeness (QED) is 0.0869. The molecule has 0 atom stereocenters. The lowest BCUT2D eigenvalue weighted by Gasteiger charge is -2.18. The predicted octanol–water partition coefficient (Wildman–Crippen LogP) is 8.03. The van der Waals surface area contributed by atoms with Crippen LogP contribution in [-0.2, 0) is 9.47 Å². The van der Waals surface area contributed by atoms with E-state index in [0.29, 0.717) is 33.5 Å². The van der Waals surface area contributed by atoms with Gasteiger partial charge in [0.1, 0.15) is 18.0 Å². The number of fused-ring (bicyclic) bond motifs is 5. The molecule has 0 spiro atoms. The van der Waals surface area contributed by atoms with E-state index in [0.717, 1.165) is 42.3 Å². The molecule has 2 aliphatic carbocycles. The molecule has 7 nitrogen and oxygen atoms in total. The maximum atomic E-state index is 13.0. The van der Waals surface area contributed by atoms with Crippen molar-refractivity contribution in [3.05, 3.63) is 129 Å². The number of methoxy groups -OCH3 is 1. The average Bonchev–Trinajstić information content (AvgIpc) is 3.36. The average molecular weight is 693 g/mol. The van der Waals surface area contributed by atoms with Crippen LogP contribution in [-0.4, -0.2) is 25.8 Å². The van der Waals surface area contributed by atoms with Crippen LogP contribution in [0.1, 0.15) is 27.4 Å². The summed E-state index contributed by atoms with van der Waals surface area (Å²) in [5.41, 5.74) is 14.5. The van der Waals surface area contributed by atoms with Crippen molar-refractivity contribution in [3.63, 3.8) is 0 Å². The Morgan fingerprint density at radius 2 is 1.50 bits per heavy atom. The van der Waals surface area contributed by atoms with Crippen molar-refractivity contribution in [1.29, 1.82) is 0 Å². The van der Waals surface area contributed by atoms with Gasteiger partial charge in [-0.05, 0) is 74.7 Å². The lowest BCUT2D eigenvalue weighted by molar-refractivity contribution is 0.0601. The molecule has 3 aliphatic rings. The van der Waals surface area contributed by atoms with Gasteiger partial charge < -0.3 is 19.6 Å². The molecule has 8 heteroatoms. The Labute approximate surface area is 266 Å². The molecule has 0 radical (unpaired) electrons. The number of hydrogen-bond donors (Lipinski definition) is 1. The third kappa shape index (κ3) is 4.81. The highest BCUT2D eigenvalue weighted by Crippen LogP contribution is 2.45. The summed E-state index contributed by atoms with van der Waals surface area (Å²) in [6.07, 6.45) is -0.693. The lowest BCUT2D eigenvalue weighted by atomic mass is 9.90. The Morgan fingerprint density at radius 1 is 0.841 bits per heavy atom. The molecule has 1 aliphatic heterocycles. The van der Waals surface area contributed by atoms with E-state index >= 15 is 0 Å². The van der Waals surface area contributed by atoms with Gasteiger partial charge >= 0.3 is 12.1 Å². The van der Waals surface area contributed by atoms with Crippen molar-refractivity contribution in [3.8, 4) is 33.6 Å². The van der Waals surface area contributed by atoms with Crippen LogP contribution < -0.4 is 11.1 Å². The highest BCUT2D eigenvalue weighted by atomic mass is 127. The van der Waals surface area contributed by atoms with Crippen LogP contribution in [0.5, 0.6) is 0 Å². The number of carbonyl (C=O) groups excluding carboxylic acids is 2. The molecule has 4 aromatic rings. The molecule has 7 rings (SSSR count). The van der Waals surface area contributed by atoms with E-state index < -0.39 is 12.1 Å². The van der Waals surface area contributed by atoms with Crippen molar-refractivity contribution in [1.82, 2.24) is 0 Å². The Morgan fingerprint density at radius 3 is 2.20 bits per heavy atom. The molecular weight excluding hydrogens is 667 g/mol. The van der Waals surface area contributed by atoms with Crippen molar-refractivity contribution in [2.75, 3.05) is 19.5 Å². The Balaban J connectivity index is 1.28. The zero-order valence-corrected chi connectivity index (χ0v) is 25.7. The van der Waals surface area contributed by atoms with Crippen molar-refractivity contribution in [2.45, 2.75) is 5.92 Å². The van der Waals surface area contributed by atoms with E-state index in [1.807, 2.05) is 48.5 Å². The summed E-state index contributed by atoms with van der Waals surface area (Å²) in [5, 5.41) is 1.16. The zero-order valence-electron chi connectivity index (χ0n) is 23.5. The van der Waals surface area contributed by atoms with Crippen LogP contribution in [0, 0.1) is 3.57 Å². The number of hydrogen-bond acceptors (Lipinski definition) is 6. The number of nitrogens with two attached hydrogens (primary N) is 1. The Hall–Kier alpha value is -4.96. The first-order valence-electron chi connectivity index (χ1n) is 14.0.